The van der Waals surface area contributed by atoms with E-state index < -0.39 is 10.0 Å². The van der Waals surface area contributed by atoms with Crippen molar-refractivity contribution in [2.75, 3.05) is 43.3 Å². The van der Waals surface area contributed by atoms with E-state index in [0.29, 0.717) is 22.8 Å². The molecule has 1 N–H and O–H groups in total. The number of rotatable bonds is 8. The minimum absolute atomic E-state index is 0.249. The lowest BCUT2D eigenvalue weighted by atomic mass is 9.99. The molecule has 1 fully saturated rings. The molecule has 0 aromatic heterocycles. The highest BCUT2D eigenvalue weighted by molar-refractivity contribution is 7.92. The number of hydrogen-bond donors (Lipinski definition) is 1. The topological polar surface area (TPSA) is 69.7 Å². The molecule has 0 saturated carbocycles. The second-order valence-corrected chi connectivity index (χ2v) is 9.70. The molecule has 152 valence electrons. The lowest BCUT2D eigenvalue weighted by molar-refractivity contribution is -0.119. The van der Waals surface area contributed by atoms with E-state index in [1.807, 2.05) is 0 Å². The van der Waals surface area contributed by atoms with Crippen LogP contribution in [-0.2, 0) is 14.8 Å². The zero-order valence-electron chi connectivity index (χ0n) is 16.4. The third kappa shape index (κ3) is 6.66. The Hall–Kier alpha value is -1.31. The number of piperidine rings is 1. The van der Waals surface area contributed by atoms with Crippen LogP contribution in [0.4, 0.5) is 5.69 Å². The van der Waals surface area contributed by atoms with E-state index in [-0.39, 0.29) is 12.5 Å². The second-order valence-electron chi connectivity index (χ2n) is 7.38. The normalized spacial score (nSPS) is 16.3. The Morgan fingerprint density at radius 3 is 2.63 bits per heavy atom. The molecule has 8 heteroatoms. The zero-order chi connectivity index (χ0) is 20.0. The number of hydrogen-bond acceptors (Lipinski definition) is 4. The molecule has 6 nitrogen and oxygen atoms in total. The predicted molar refractivity (Wildman–Crippen MR) is 111 cm³/mol. The van der Waals surface area contributed by atoms with Crippen molar-refractivity contribution in [2.45, 2.75) is 33.1 Å². The van der Waals surface area contributed by atoms with Crippen molar-refractivity contribution >= 4 is 33.2 Å². The molecule has 1 aromatic rings. The van der Waals surface area contributed by atoms with Gasteiger partial charge in [-0.15, -0.1) is 0 Å². The first kappa shape index (κ1) is 22.0. The van der Waals surface area contributed by atoms with Crippen LogP contribution in [0.3, 0.4) is 0 Å². The van der Waals surface area contributed by atoms with Crippen molar-refractivity contribution in [3.8, 4) is 0 Å². The molecule has 1 saturated heterocycles. The largest absolute Gasteiger partial charge is 0.354 e. The highest BCUT2D eigenvalue weighted by Gasteiger charge is 2.23. The van der Waals surface area contributed by atoms with Crippen LogP contribution in [0.5, 0.6) is 0 Å². The molecule has 0 aliphatic carbocycles. The van der Waals surface area contributed by atoms with Gasteiger partial charge in [-0.3, -0.25) is 9.10 Å². The maximum absolute atomic E-state index is 12.3. The van der Waals surface area contributed by atoms with Crippen LogP contribution < -0.4 is 9.62 Å². The van der Waals surface area contributed by atoms with Gasteiger partial charge in [-0.1, -0.05) is 24.6 Å². The van der Waals surface area contributed by atoms with Crippen LogP contribution in [0.15, 0.2) is 18.2 Å². The number of sulfonamides is 1. The maximum Gasteiger partial charge on any atom is 0.240 e. The minimum Gasteiger partial charge on any atom is -0.354 e. The van der Waals surface area contributed by atoms with Crippen molar-refractivity contribution < 1.29 is 13.2 Å². The molecule has 1 amide bonds. The van der Waals surface area contributed by atoms with Gasteiger partial charge in [-0.2, -0.15) is 0 Å². The fraction of sp³-hybridized carbons (Fsp3) is 0.632. The van der Waals surface area contributed by atoms with Crippen LogP contribution in [0.25, 0.3) is 0 Å². The van der Waals surface area contributed by atoms with Crippen molar-refractivity contribution in [3.05, 3.63) is 28.8 Å². The number of anilines is 1. The number of carbonyl (C=O) groups is 1. The Labute approximate surface area is 167 Å². The van der Waals surface area contributed by atoms with E-state index in [9.17, 15) is 13.2 Å². The summed E-state index contributed by atoms with van der Waals surface area (Å²) in [5, 5.41) is 3.30. The number of nitrogens with zero attached hydrogens (tertiary/aromatic N) is 2. The molecule has 0 spiro atoms. The summed E-state index contributed by atoms with van der Waals surface area (Å²) >= 11 is 6.10. The Morgan fingerprint density at radius 2 is 2.00 bits per heavy atom. The summed E-state index contributed by atoms with van der Waals surface area (Å²) in [6.45, 7) is 7.50. The maximum atomic E-state index is 12.3. The van der Waals surface area contributed by atoms with Gasteiger partial charge in [-0.05, 0) is 69.4 Å². The summed E-state index contributed by atoms with van der Waals surface area (Å²) in [7, 11) is -3.60. The van der Waals surface area contributed by atoms with Crippen LogP contribution in [-0.4, -0.2) is 58.2 Å². The highest BCUT2D eigenvalue weighted by atomic mass is 35.5. The molecular weight excluding hydrogens is 386 g/mol. The number of carbonyl (C=O) groups excluding carboxylic acids is 1. The lowest BCUT2D eigenvalue weighted by Crippen LogP contribution is -2.41. The summed E-state index contributed by atoms with van der Waals surface area (Å²) < 4.78 is 25.5. The monoisotopic (exact) mass is 415 g/mol. The van der Waals surface area contributed by atoms with Gasteiger partial charge in [-0.25, -0.2) is 8.42 Å². The van der Waals surface area contributed by atoms with Gasteiger partial charge in [0.15, 0.2) is 0 Å². The first-order valence-corrected chi connectivity index (χ1v) is 11.6. The third-order valence-electron chi connectivity index (χ3n) is 5.04. The predicted octanol–water partition coefficient (Wildman–Crippen LogP) is 2.65. The quantitative estimate of drug-likeness (QED) is 0.662. The molecule has 0 bridgehead atoms. The summed E-state index contributed by atoms with van der Waals surface area (Å²) in [6, 6.07) is 5.04. The first-order chi connectivity index (χ1) is 12.7. The summed E-state index contributed by atoms with van der Waals surface area (Å²) in [5.41, 5.74) is 1.07. The van der Waals surface area contributed by atoms with Crippen molar-refractivity contribution in [1.29, 1.82) is 0 Å². The molecule has 1 aliphatic heterocycles. The molecular formula is C19H30ClN3O3S. The van der Waals surface area contributed by atoms with Gasteiger partial charge in [0.05, 0.1) is 11.9 Å². The van der Waals surface area contributed by atoms with E-state index in [1.54, 1.807) is 25.1 Å². The van der Waals surface area contributed by atoms with E-state index in [2.05, 4.69) is 17.1 Å². The van der Waals surface area contributed by atoms with Crippen molar-refractivity contribution in [2.24, 2.45) is 5.92 Å². The van der Waals surface area contributed by atoms with Crippen LogP contribution in [0.1, 0.15) is 31.7 Å². The molecule has 0 unspecified atom stereocenters. The SMILES string of the molecule is Cc1c(Cl)cccc1N(CC(=O)NCCCN1CCC(C)CC1)S(C)(=O)=O. The van der Waals surface area contributed by atoms with E-state index in [4.69, 9.17) is 11.6 Å². The highest BCUT2D eigenvalue weighted by Crippen LogP contribution is 2.27. The Bertz CT molecular complexity index is 747. The number of amides is 1. The van der Waals surface area contributed by atoms with Crippen LogP contribution in [0.2, 0.25) is 5.02 Å². The van der Waals surface area contributed by atoms with Gasteiger partial charge >= 0.3 is 0 Å². The zero-order valence-corrected chi connectivity index (χ0v) is 17.9. The van der Waals surface area contributed by atoms with Crippen LogP contribution >= 0.6 is 11.6 Å². The van der Waals surface area contributed by atoms with Gasteiger partial charge in [0.2, 0.25) is 15.9 Å². The van der Waals surface area contributed by atoms with Crippen LogP contribution in [0, 0.1) is 12.8 Å². The van der Waals surface area contributed by atoms with Gasteiger partial charge in [0.1, 0.15) is 6.54 Å². The molecule has 2 rings (SSSR count). The molecule has 0 radical (unpaired) electrons. The molecule has 1 heterocycles. The van der Waals surface area contributed by atoms with E-state index >= 15 is 0 Å². The number of nitrogens with one attached hydrogen (secondary N) is 1. The number of halogens is 1. The average molecular weight is 416 g/mol. The molecule has 27 heavy (non-hydrogen) atoms. The van der Waals surface area contributed by atoms with E-state index in [1.165, 1.54) is 12.8 Å². The first-order valence-electron chi connectivity index (χ1n) is 9.40. The average Bonchev–Trinajstić information content (AvgIpc) is 2.60. The smallest absolute Gasteiger partial charge is 0.240 e. The van der Waals surface area contributed by atoms with Crippen molar-refractivity contribution in [3.63, 3.8) is 0 Å². The van der Waals surface area contributed by atoms with Crippen molar-refractivity contribution in [1.82, 2.24) is 10.2 Å². The third-order valence-corrected chi connectivity index (χ3v) is 6.58. The summed E-state index contributed by atoms with van der Waals surface area (Å²) in [5.74, 6) is 0.491. The summed E-state index contributed by atoms with van der Waals surface area (Å²) in [6.07, 6.45) is 4.41. The Morgan fingerprint density at radius 1 is 1.33 bits per heavy atom. The van der Waals surface area contributed by atoms with E-state index in [0.717, 1.165) is 42.5 Å². The fourth-order valence-electron chi connectivity index (χ4n) is 3.25. The second kappa shape index (κ2) is 9.75. The molecule has 1 aliphatic rings. The number of likely N-dealkylation sites (tertiary alicyclic amines) is 1. The Balaban J connectivity index is 1.86. The number of benzene rings is 1. The minimum atomic E-state index is -3.60. The van der Waals surface area contributed by atoms with Gasteiger partial charge < -0.3 is 10.2 Å². The molecule has 0 atom stereocenters. The van der Waals surface area contributed by atoms with Gasteiger partial charge in [0, 0.05) is 11.6 Å². The fourth-order valence-corrected chi connectivity index (χ4v) is 4.33. The lowest BCUT2D eigenvalue weighted by Gasteiger charge is -2.30. The summed E-state index contributed by atoms with van der Waals surface area (Å²) in [4.78, 5) is 14.7. The standard InChI is InChI=1S/C19H30ClN3O3S/c1-15-8-12-22(13-9-15)11-5-10-21-19(24)14-23(27(3,25)26)18-7-4-6-17(20)16(18)2/h4,6-7,15H,5,8-14H2,1-3H3,(H,21,24). The Kier molecular flexibility index (Phi) is 7.94. The molecule has 1 aromatic carbocycles. The van der Waals surface area contributed by atoms with Gasteiger partial charge in [0.25, 0.3) is 0 Å².